The summed E-state index contributed by atoms with van der Waals surface area (Å²) in [5, 5.41) is 2.95. The smallest absolute Gasteiger partial charge is 0.244 e. The molecule has 0 aromatic heterocycles. The Morgan fingerprint density at radius 3 is 2.36 bits per heavy atom. The van der Waals surface area contributed by atoms with Crippen LogP contribution in [-0.4, -0.2) is 38.8 Å². The lowest BCUT2D eigenvalue weighted by atomic mass is 9.95. The molecule has 0 saturated carbocycles. The van der Waals surface area contributed by atoms with Crippen molar-refractivity contribution in [1.29, 1.82) is 0 Å². The van der Waals surface area contributed by atoms with E-state index in [1.165, 1.54) is 4.31 Å². The van der Waals surface area contributed by atoms with Crippen LogP contribution in [0.2, 0.25) is 0 Å². The van der Waals surface area contributed by atoms with E-state index in [9.17, 15) is 13.2 Å². The van der Waals surface area contributed by atoms with Gasteiger partial charge in [-0.3, -0.25) is 4.79 Å². The Morgan fingerprint density at radius 2 is 1.70 bits per heavy atom. The molecule has 1 atom stereocenters. The minimum absolute atomic E-state index is 0.169. The molecular weight excluding hydrogens is 434 g/mol. The highest BCUT2D eigenvalue weighted by Crippen LogP contribution is 2.29. The van der Waals surface area contributed by atoms with E-state index in [1.807, 2.05) is 80.5 Å². The Hall–Kier alpha value is -3.16. The van der Waals surface area contributed by atoms with E-state index in [0.717, 1.165) is 27.9 Å². The molecule has 0 radical (unpaired) electrons. The lowest BCUT2D eigenvalue weighted by Crippen LogP contribution is -2.52. The van der Waals surface area contributed by atoms with E-state index in [1.54, 1.807) is 18.2 Å². The summed E-state index contributed by atoms with van der Waals surface area (Å²) >= 11 is 0. The van der Waals surface area contributed by atoms with Crippen LogP contribution in [0, 0.1) is 6.92 Å². The predicted molar refractivity (Wildman–Crippen MR) is 130 cm³/mol. The Morgan fingerprint density at radius 1 is 1.00 bits per heavy atom. The molecular formula is C26H29N3O3S. The van der Waals surface area contributed by atoms with Crippen LogP contribution < -0.4 is 10.2 Å². The lowest BCUT2D eigenvalue weighted by Gasteiger charge is -2.35. The van der Waals surface area contributed by atoms with E-state index in [4.69, 9.17) is 0 Å². The summed E-state index contributed by atoms with van der Waals surface area (Å²) in [4.78, 5) is 15.5. The second kappa shape index (κ2) is 9.37. The minimum Gasteiger partial charge on any atom is -0.378 e. The first kappa shape index (κ1) is 23.0. The van der Waals surface area contributed by atoms with Crippen molar-refractivity contribution in [2.75, 3.05) is 19.0 Å². The summed E-state index contributed by atoms with van der Waals surface area (Å²) in [5.41, 5.74) is 4.82. The molecule has 0 spiro atoms. The summed E-state index contributed by atoms with van der Waals surface area (Å²) in [7, 11) is 0.0938. The zero-order chi connectivity index (χ0) is 23.6. The van der Waals surface area contributed by atoms with Crippen molar-refractivity contribution in [3.05, 3.63) is 95.1 Å². The van der Waals surface area contributed by atoms with Crippen molar-refractivity contribution in [2.45, 2.75) is 37.4 Å². The SMILES string of the molecule is Cc1cccc(S(=O)(=O)N2Cc3ccccc3C[C@@H]2C(=O)NCc2ccc(N(C)C)cc2)c1. The molecule has 1 aliphatic rings. The predicted octanol–water partition coefficient (Wildman–Crippen LogP) is 3.49. The zero-order valence-electron chi connectivity index (χ0n) is 19.2. The second-order valence-electron chi connectivity index (χ2n) is 8.63. The van der Waals surface area contributed by atoms with E-state index >= 15 is 0 Å². The van der Waals surface area contributed by atoms with E-state index < -0.39 is 16.1 Å². The first-order valence-electron chi connectivity index (χ1n) is 10.9. The Labute approximate surface area is 195 Å². The van der Waals surface area contributed by atoms with Crippen molar-refractivity contribution in [1.82, 2.24) is 9.62 Å². The quantitative estimate of drug-likeness (QED) is 0.608. The zero-order valence-corrected chi connectivity index (χ0v) is 20.0. The molecule has 1 aliphatic heterocycles. The molecule has 172 valence electrons. The summed E-state index contributed by atoms with van der Waals surface area (Å²) in [6.07, 6.45) is 0.340. The molecule has 0 unspecified atom stereocenters. The monoisotopic (exact) mass is 463 g/mol. The largest absolute Gasteiger partial charge is 0.378 e. The molecule has 1 N–H and O–H groups in total. The van der Waals surface area contributed by atoms with Crippen molar-refractivity contribution >= 4 is 21.6 Å². The number of fused-ring (bicyclic) bond motifs is 1. The maximum Gasteiger partial charge on any atom is 0.244 e. The molecule has 0 bridgehead atoms. The number of nitrogens with zero attached hydrogens (tertiary/aromatic N) is 2. The number of nitrogens with one attached hydrogen (secondary N) is 1. The Balaban J connectivity index is 1.60. The van der Waals surface area contributed by atoms with Crippen LogP contribution in [0.3, 0.4) is 0 Å². The van der Waals surface area contributed by atoms with Crippen LogP contribution in [0.1, 0.15) is 22.3 Å². The molecule has 4 rings (SSSR count). The molecule has 3 aromatic rings. The number of hydrogen-bond acceptors (Lipinski definition) is 4. The number of carbonyl (C=O) groups excluding carboxylic acids is 1. The maximum atomic E-state index is 13.6. The molecule has 7 heteroatoms. The molecule has 0 saturated heterocycles. The number of amides is 1. The highest BCUT2D eigenvalue weighted by atomic mass is 32.2. The van der Waals surface area contributed by atoms with Crippen LogP contribution in [0.5, 0.6) is 0 Å². The van der Waals surface area contributed by atoms with Gasteiger partial charge in [-0.15, -0.1) is 0 Å². The van der Waals surface area contributed by atoms with Crippen LogP contribution in [0.4, 0.5) is 5.69 Å². The topological polar surface area (TPSA) is 69.7 Å². The van der Waals surface area contributed by atoms with Crippen molar-refractivity contribution < 1.29 is 13.2 Å². The van der Waals surface area contributed by atoms with Gasteiger partial charge in [0.2, 0.25) is 15.9 Å². The fourth-order valence-electron chi connectivity index (χ4n) is 4.11. The molecule has 3 aromatic carbocycles. The highest BCUT2D eigenvalue weighted by Gasteiger charge is 2.39. The fraction of sp³-hybridized carbons (Fsp3) is 0.269. The number of benzene rings is 3. The molecule has 0 fully saturated rings. The summed E-state index contributed by atoms with van der Waals surface area (Å²) < 4.78 is 28.5. The number of rotatable bonds is 6. The molecule has 0 aliphatic carbocycles. The van der Waals surface area contributed by atoms with Gasteiger partial charge in [0.05, 0.1) is 4.90 Å². The van der Waals surface area contributed by atoms with Gasteiger partial charge in [-0.1, -0.05) is 48.5 Å². The van der Waals surface area contributed by atoms with Crippen LogP contribution >= 0.6 is 0 Å². The van der Waals surface area contributed by atoms with Gasteiger partial charge in [-0.05, 0) is 59.9 Å². The van der Waals surface area contributed by atoms with Gasteiger partial charge in [0.25, 0.3) is 0 Å². The van der Waals surface area contributed by atoms with Gasteiger partial charge in [0, 0.05) is 32.9 Å². The summed E-state index contributed by atoms with van der Waals surface area (Å²) in [5.74, 6) is -0.294. The van der Waals surface area contributed by atoms with Gasteiger partial charge >= 0.3 is 0 Å². The van der Waals surface area contributed by atoms with Crippen molar-refractivity contribution in [3.63, 3.8) is 0 Å². The number of anilines is 1. The average molecular weight is 464 g/mol. The molecule has 33 heavy (non-hydrogen) atoms. The average Bonchev–Trinajstić information content (AvgIpc) is 2.82. The Kier molecular flexibility index (Phi) is 6.54. The third kappa shape index (κ3) is 4.94. The number of carbonyl (C=O) groups is 1. The van der Waals surface area contributed by atoms with Gasteiger partial charge in [-0.2, -0.15) is 4.31 Å². The standard InChI is InChI=1S/C26H29N3O3S/c1-19-7-6-10-24(15-19)33(31,32)29-18-22-9-5-4-8-21(22)16-25(29)26(30)27-17-20-11-13-23(14-12-20)28(2)3/h4-15,25H,16-18H2,1-3H3,(H,27,30)/t25-/m1/s1. The number of sulfonamides is 1. The molecule has 1 amide bonds. The van der Waals surface area contributed by atoms with E-state index in [0.29, 0.717) is 13.0 Å². The second-order valence-corrected chi connectivity index (χ2v) is 10.5. The summed E-state index contributed by atoms with van der Waals surface area (Å²) in [6.45, 7) is 2.36. The van der Waals surface area contributed by atoms with Crippen LogP contribution in [0.15, 0.2) is 77.7 Å². The fourth-order valence-corrected chi connectivity index (χ4v) is 5.78. The van der Waals surface area contributed by atoms with E-state index in [-0.39, 0.29) is 17.3 Å². The normalized spacial score (nSPS) is 16.2. The van der Waals surface area contributed by atoms with Crippen LogP contribution in [0.25, 0.3) is 0 Å². The lowest BCUT2D eigenvalue weighted by molar-refractivity contribution is -0.125. The molecule has 1 heterocycles. The van der Waals surface area contributed by atoms with Gasteiger partial charge in [-0.25, -0.2) is 8.42 Å². The first-order chi connectivity index (χ1) is 15.8. The Bertz CT molecular complexity index is 1250. The van der Waals surface area contributed by atoms with E-state index in [2.05, 4.69) is 5.32 Å². The first-order valence-corrected chi connectivity index (χ1v) is 12.4. The third-order valence-electron chi connectivity index (χ3n) is 6.02. The third-order valence-corrected chi connectivity index (χ3v) is 7.87. The highest BCUT2D eigenvalue weighted by molar-refractivity contribution is 7.89. The number of hydrogen-bond donors (Lipinski definition) is 1. The van der Waals surface area contributed by atoms with Crippen molar-refractivity contribution in [2.24, 2.45) is 0 Å². The van der Waals surface area contributed by atoms with Gasteiger partial charge < -0.3 is 10.2 Å². The van der Waals surface area contributed by atoms with Crippen molar-refractivity contribution in [3.8, 4) is 0 Å². The number of aryl methyl sites for hydroxylation is 1. The maximum absolute atomic E-state index is 13.6. The summed E-state index contributed by atoms with van der Waals surface area (Å²) in [6, 6.07) is 21.6. The van der Waals surface area contributed by atoms with Gasteiger partial charge in [0.1, 0.15) is 6.04 Å². The minimum atomic E-state index is -3.85. The van der Waals surface area contributed by atoms with Crippen LogP contribution in [-0.2, 0) is 34.3 Å². The molecule has 6 nitrogen and oxygen atoms in total. The van der Waals surface area contributed by atoms with Gasteiger partial charge in [0.15, 0.2) is 0 Å².